The zero-order valence-electron chi connectivity index (χ0n) is 60.2. The highest BCUT2D eigenvalue weighted by Crippen LogP contribution is 2.49. The predicted molar refractivity (Wildman–Crippen MR) is 463 cm³/mol. The predicted octanol–water partition coefficient (Wildman–Crippen LogP) is 27.9. The fourth-order valence-corrected chi connectivity index (χ4v) is 19.0. The fourth-order valence-electron chi connectivity index (χ4n) is 19.0. The molecule has 2 aliphatic carbocycles. The van der Waals surface area contributed by atoms with Crippen LogP contribution in [0.4, 0.5) is 0 Å². The summed E-state index contributed by atoms with van der Waals surface area (Å²) < 4.78 is 9.73. The summed E-state index contributed by atoms with van der Waals surface area (Å²) in [6.45, 7) is 0. The van der Waals surface area contributed by atoms with Crippen molar-refractivity contribution in [1.29, 1.82) is 0 Å². The van der Waals surface area contributed by atoms with Crippen LogP contribution in [0.1, 0.15) is 22.3 Å². The van der Waals surface area contributed by atoms with Crippen LogP contribution in [0.15, 0.2) is 388 Å². The molecule has 2 aliphatic rings. The summed E-state index contributed by atoms with van der Waals surface area (Å²) in [6.07, 6.45) is 1.97. The molecule has 0 fully saturated rings. The third-order valence-electron chi connectivity index (χ3n) is 23.9. The first-order valence-electron chi connectivity index (χ1n) is 38.3. The van der Waals surface area contributed by atoms with Crippen LogP contribution in [0.5, 0.6) is 0 Å². The molecule has 0 atom stereocenters. The van der Waals surface area contributed by atoms with Crippen LogP contribution in [-0.4, -0.2) is 18.3 Å². The zero-order chi connectivity index (χ0) is 72.1. The lowest BCUT2D eigenvalue weighted by Gasteiger charge is -2.16. The van der Waals surface area contributed by atoms with Gasteiger partial charge in [-0.3, -0.25) is 0 Å². The van der Waals surface area contributed by atoms with Gasteiger partial charge in [0.1, 0.15) is 0 Å². The van der Waals surface area contributed by atoms with E-state index in [1.54, 1.807) is 0 Å². The standard InChI is InChI=1S/2C53H34N2/c1-2-15-38(16-3-1)54-48-24-8-6-18-43(48)45-29-27-35(33-52(45)54)34-28-30-51-47(32-34)44-19-7-9-25-49(44)55(51)50-26-12-21-40-41(20-11-22-42(40)50)46-23-10-14-37-31-36-13-4-5-17-39(36)53(37)46;1-2-14-39(15-3-1)54-50-21-8-6-17-44(50)46-28-24-35(33-53(46)54)34-26-29-52-48(31-34)45-18-7-9-22-51(45)55(52)49-23-10-13-36-30-38(25-27-42(36)49)41-19-11-20-43-40-16-5-4-12-37(40)32-47(41)43/h1-30,32-33H,31H2;1-31,33H,32H2. The van der Waals surface area contributed by atoms with E-state index in [1.807, 2.05) is 0 Å². The average Bonchev–Trinajstić information content (AvgIpc) is 1.55. The van der Waals surface area contributed by atoms with Gasteiger partial charge >= 0.3 is 0 Å². The van der Waals surface area contributed by atoms with Crippen LogP contribution < -0.4 is 0 Å². The Hall–Kier alpha value is -14.3. The number of rotatable bonds is 8. The minimum absolute atomic E-state index is 0.980. The second-order valence-corrected chi connectivity index (χ2v) is 29.7. The van der Waals surface area contributed by atoms with E-state index in [9.17, 15) is 0 Å². The molecule has 4 heterocycles. The topological polar surface area (TPSA) is 19.7 Å². The van der Waals surface area contributed by atoms with Gasteiger partial charge < -0.3 is 18.3 Å². The molecule has 4 heteroatoms. The molecule has 0 amide bonds. The summed E-state index contributed by atoms with van der Waals surface area (Å²) in [4.78, 5) is 0. The Morgan fingerprint density at radius 1 is 0.173 bits per heavy atom. The van der Waals surface area contributed by atoms with Gasteiger partial charge in [-0.05, 0) is 216 Å². The third-order valence-corrected chi connectivity index (χ3v) is 23.9. The number of aromatic nitrogens is 4. The largest absolute Gasteiger partial charge is 0.309 e. The molecule has 110 heavy (non-hydrogen) atoms. The van der Waals surface area contributed by atoms with Crippen LogP contribution in [0.2, 0.25) is 0 Å². The molecular weight excluding hydrogens is 1330 g/mol. The highest BCUT2D eigenvalue weighted by molar-refractivity contribution is 6.17. The Kier molecular flexibility index (Phi) is 13.9. The van der Waals surface area contributed by atoms with Crippen molar-refractivity contribution in [3.63, 3.8) is 0 Å². The number of nitrogens with zero attached hydrogens (tertiary/aromatic N) is 4. The molecule has 24 rings (SSSR count). The second-order valence-electron chi connectivity index (χ2n) is 29.7. The van der Waals surface area contributed by atoms with Gasteiger partial charge in [0, 0.05) is 65.2 Å². The maximum absolute atomic E-state index is 2.47. The monoisotopic (exact) mass is 1400 g/mol. The van der Waals surface area contributed by atoms with E-state index in [0.717, 1.165) is 12.8 Å². The smallest absolute Gasteiger partial charge is 0.0547 e. The second kappa shape index (κ2) is 24.6. The quantitative estimate of drug-likeness (QED) is 0.144. The van der Waals surface area contributed by atoms with E-state index >= 15 is 0 Å². The van der Waals surface area contributed by atoms with Gasteiger partial charge in [0.15, 0.2) is 0 Å². The third kappa shape index (κ3) is 9.52. The van der Waals surface area contributed by atoms with Crippen molar-refractivity contribution in [1.82, 2.24) is 18.3 Å². The van der Waals surface area contributed by atoms with Crippen molar-refractivity contribution in [3.05, 3.63) is 411 Å². The number of benzene rings is 18. The van der Waals surface area contributed by atoms with Gasteiger partial charge in [-0.2, -0.15) is 0 Å². The Morgan fingerprint density at radius 2 is 0.555 bits per heavy atom. The number of hydrogen-bond acceptors (Lipinski definition) is 0. The van der Waals surface area contributed by atoms with Crippen LogP contribution in [0.3, 0.4) is 0 Å². The molecule has 0 saturated carbocycles. The minimum atomic E-state index is 0.980. The summed E-state index contributed by atoms with van der Waals surface area (Å²) >= 11 is 0. The molecule has 0 bridgehead atoms. The van der Waals surface area contributed by atoms with Crippen LogP contribution >= 0.6 is 0 Å². The van der Waals surface area contributed by atoms with Gasteiger partial charge in [-0.15, -0.1) is 0 Å². The first-order chi connectivity index (χ1) is 54.6. The molecule has 0 spiro atoms. The highest BCUT2D eigenvalue weighted by atomic mass is 15.0. The van der Waals surface area contributed by atoms with E-state index < -0.39 is 0 Å². The van der Waals surface area contributed by atoms with Crippen molar-refractivity contribution in [3.8, 4) is 89.5 Å². The van der Waals surface area contributed by atoms with Crippen LogP contribution in [0.25, 0.3) is 198 Å². The summed E-state index contributed by atoms with van der Waals surface area (Å²) in [5.41, 5.74) is 35.6. The summed E-state index contributed by atoms with van der Waals surface area (Å²) in [6, 6.07) is 143. The Morgan fingerprint density at radius 3 is 1.17 bits per heavy atom. The van der Waals surface area contributed by atoms with Crippen molar-refractivity contribution >= 4 is 109 Å². The molecule has 0 radical (unpaired) electrons. The Balaban J connectivity index is 0.000000132. The van der Waals surface area contributed by atoms with E-state index in [0.29, 0.717) is 0 Å². The minimum Gasteiger partial charge on any atom is -0.309 e. The number of para-hydroxylation sites is 6. The fraction of sp³-hybridized carbons (Fsp3) is 0.0189. The summed E-state index contributed by atoms with van der Waals surface area (Å²) in [5, 5.41) is 15.1. The normalized spacial score (nSPS) is 12.3. The van der Waals surface area contributed by atoms with Gasteiger partial charge in [0.25, 0.3) is 0 Å². The first-order valence-corrected chi connectivity index (χ1v) is 38.3. The van der Waals surface area contributed by atoms with Crippen molar-refractivity contribution in [2.24, 2.45) is 0 Å². The maximum Gasteiger partial charge on any atom is 0.0547 e. The lowest BCUT2D eigenvalue weighted by Crippen LogP contribution is -1.96. The Labute approximate surface area is 635 Å². The van der Waals surface area contributed by atoms with E-state index in [-0.39, 0.29) is 0 Å². The Bertz CT molecular complexity index is 7590. The van der Waals surface area contributed by atoms with Gasteiger partial charge in [0.2, 0.25) is 0 Å². The summed E-state index contributed by atoms with van der Waals surface area (Å²) in [7, 11) is 0. The average molecular weight is 1400 g/mol. The SMILES string of the molecule is c1ccc(-n2c3ccccc3c3ccc(-c4ccc5c(c4)c4ccccc4n5-c4cccc5c(-c6cccc7c6-c6ccccc6C7)cccc45)cc32)cc1.c1ccc(-n2c3ccccc3c3ccc(-c4ccc5c(c4)c4ccccc4n5-c4cccc5cc(-c6cccc7c6Cc6ccccc6-7)ccc45)cc32)cc1. The van der Waals surface area contributed by atoms with Crippen molar-refractivity contribution < 1.29 is 0 Å². The molecule has 18 aromatic carbocycles. The number of fused-ring (bicyclic) bond motifs is 20. The molecule has 512 valence electrons. The van der Waals surface area contributed by atoms with Gasteiger partial charge in [-0.1, -0.05) is 285 Å². The molecule has 4 aromatic heterocycles. The lowest BCUT2D eigenvalue weighted by molar-refractivity contribution is 1.18. The number of hydrogen-bond donors (Lipinski definition) is 0. The van der Waals surface area contributed by atoms with Crippen LogP contribution in [0, 0.1) is 0 Å². The molecule has 0 aliphatic heterocycles. The summed E-state index contributed by atoms with van der Waals surface area (Å²) in [5.74, 6) is 0. The van der Waals surface area contributed by atoms with E-state index in [4.69, 9.17) is 0 Å². The van der Waals surface area contributed by atoms with Gasteiger partial charge in [0.05, 0.1) is 55.5 Å². The molecule has 0 unspecified atom stereocenters. The van der Waals surface area contributed by atoms with Crippen LogP contribution in [-0.2, 0) is 12.8 Å². The zero-order valence-corrected chi connectivity index (χ0v) is 60.2. The lowest BCUT2D eigenvalue weighted by atomic mass is 9.91. The molecule has 4 nitrogen and oxygen atoms in total. The maximum atomic E-state index is 2.47. The van der Waals surface area contributed by atoms with Gasteiger partial charge in [-0.25, -0.2) is 0 Å². The molecular formula is C106H68N4. The van der Waals surface area contributed by atoms with E-state index in [1.165, 1.54) is 221 Å². The van der Waals surface area contributed by atoms with E-state index in [2.05, 4.69) is 407 Å². The van der Waals surface area contributed by atoms with Crippen molar-refractivity contribution in [2.45, 2.75) is 12.8 Å². The van der Waals surface area contributed by atoms with Crippen molar-refractivity contribution in [2.75, 3.05) is 0 Å². The molecule has 0 saturated heterocycles. The molecule has 0 N–H and O–H groups in total. The highest BCUT2D eigenvalue weighted by Gasteiger charge is 2.26. The molecule has 22 aromatic rings. The first kappa shape index (κ1) is 61.9.